The number of imide groups is 1. The zero-order valence-corrected chi connectivity index (χ0v) is 19.0. The van der Waals surface area contributed by atoms with Gasteiger partial charge in [0.1, 0.15) is 0 Å². The van der Waals surface area contributed by atoms with Gasteiger partial charge in [0.15, 0.2) is 0 Å². The summed E-state index contributed by atoms with van der Waals surface area (Å²) in [6.45, 7) is 1.65. The SMILES string of the molecule is CC(CCc1ccccc1)C(=O)ON1C(=O)c2c(Cl)c(Cl)c(Cl)c(Cl)c2C1=O.S. The van der Waals surface area contributed by atoms with Crippen molar-refractivity contribution in [3.63, 3.8) is 0 Å². The summed E-state index contributed by atoms with van der Waals surface area (Å²) in [7, 11) is 0. The van der Waals surface area contributed by atoms with E-state index in [9.17, 15) is 14.4 Å². The highest BCUT2D eigenvalue weighted by atomic mass is 35.5. The monoisotopic (exact) mass is 493 g/mol. The van der Waals surface area contributed by atoms with Crippen LogP contribution in [0.1, 0.15) is 39.6 Å². The number of carbonyl (C=O) groups is 3. The molecule has 0 radical (unpaired) electrons. The van der Waals surface area contributed by atoms with Crippen molar-refractivity contribution in [2.75, 3.05) is 0 Å². The molecule has 0 N–H and O–H groups in total. The molecule has 0 bridgehead atoms. The largest absolute Gasteiger partial charge is 0.336 e. The van der Waals surface area contributed by atoms with Crippen LogP contribution in [0.15, 0.2) is 30.3 Å². The van der Waals surface area contributed by atoms with E-state index in [2.05, 4.69) is 0 Å². The molecule has 154 valence electrons. The summed E-state index contributed by atoms with van der Waals surface area (Å²) in [4.78, 5) is 42.6. The lowest BCUT2D eigenvalue weighted by atomic mass is 10.0. The van der Waals surface area contributed by atoms with Crippen LogP contribution in [0.2, 0.25) is 20.1 Å². The van der Waals surface area contributed by atoms with Gasteiger partial charge in [0, 0.05) is 0 Å². The van der Waals surface area contributed by atoms with E-state index in [1.165, 1.54) is 0 Å². The molecule has 0 saturated heterocycles. The van der Waals surface area contributed by atoms with Crippen molar-refractivity contribution in [1.29, 1.82) is 0 Å². The smallest absolute Gasteiger partial charge is 0.329 e. The highest BCUT2D eigenvalue weighted by Gasteiger charge is 2.44. The molecule has 1 atom stereocenters. The summed E-state index contributed by atoms with van der Waals surface area (Å²) in [5.41, 5.74) is 0.581. The van der Waals surface area contributed by atoms with Crippen LogP contribution in [0.5, 0.6) is 0 Å². The molecule has 5 nitrogen and oxygen atoms in total. The Morgan fingerprint density at radius 3 is 1.90 bits per heavy atom. The molecule has 2 amide bonds. The van der Waals surface area contributed by atoms with Crippen molar-refractivity contribution < 1.29 is 19.2 Å². The first-order chi connectivity index (χ1) is 13.2. The Balaban J connectivity index is 0.00000300. The average molecular weight is 495 g/mol. The molecule has 0 saturated carbocycles. The fourth-order valence-electron chi connectivity index (χ4n) is 2.74. The maximum absolute atomic E-state index is 12.6. The van der Waals surface area contributed by atoms with Gasteiger partial charge in [-0.25, -0.2) is 4.79 Å². The summed E-state index contributed by atoms with van der Waals surface area (Å²) >= 11 is 24.0. The van der Waals surface area contributed by atoms with Gasteiger partial charge in [0.2, 0.25) is 0 Å². The van der Waals surface area contributed by atoms with E-state index in [0.717, 1.165) is 5.56 Å². The first kappa shape index (κ1) is 23.8. The van der Waals surface area contributed by atoms with Crippen molar-refractivity contribution >= 4 is 77.7 Å². The number of hydrogen-bond acceptors (Lipinski definition) is 4. The highest BCUT2D eigenvalue weighted by Crippen LogP contribution is 2.44. The number of aryl methyl sites for hydroxylation is 1. The van der Waals surface area contributed by atoms with Crippen molar-refractivity contribution in [3.05, 3.63) is 67.1 Å². The average Bonchev–Trinajstić information content (AvgIpc) is 2.94. The number of benzene rings is 2. The minimum atomic E-state index is -0.922. The zero-order valence-electron chi connectivity index (χ0n) is 15.0. The first-order valence-electron chi connectivity index (χ1n) is 8.24. The van der Waals surface area contributed by atoms with E-state index in [-0.39, 0.29) is 44.7 Å². The van der Waals surface area contributed by atoms with Crippen molar-refractivity contribution in [2.45, 2.75) is 19.8 Å². The third-order valence-electron chi connectivity index (χ3n) is 4.36. The van der Waals surface area contributed by atoms with Gasteiger partial charge in [-0.05, 0) is 18.4 Å². The van der Waals surface area contributed by atoms with Gasteiger partial charge in [-0.3, -0.25) is 9.59 Å². The molecule has 0 aliphatic carbocycles. The first-order valence-corrected chi connectivity index (χ1v) is 9.75. The molecule has 1 aliphatic rings. The number of hydrogen-bond donors (Lipinski definition) is 0. The molecular formula is C19H15Cl4NO4S. The van der Waals surface area contributed by atoms with Gasteiger partial charge in [0.05, 0.1) is 37.1 Å². The number of nitrogens with zero attached hydrogens (tertiary/aromatic N) is 1. The Bertz CT molecular complexity index is 937. The highest BCUT2D eigenvalue weighted by molar-refractivity contribution is 7.59. The molecule has 2 aromatic carbocycles. The molecular weight excluding hydrogens is 480 g/mol. The van der Waals surface area contributed by atoms with Crippen LogP contribution in [0.4, 0.5) is 0 Å². The fourth-order valence-corrected chi connectivity index (χ4v) is 3.75. The van der Waals surface area contributed by atoms with Crippen molar-refractivity contribution in [3.8, 4) is 0 Å². The Labute approximate surface area is 194 Å². The number of rotatable bonds is 5. The molecule has 2 aromatic rings. The predicted octanol–water partition coefficient (Wildman–Crippen LogP) is 5.74. The van der Waals surface area contributed by atoms with E-state index in [1.807, 2.05) is 30.3 Å². The second-order valence-corrected chi connectivity index (χ2v) is 7.76. The molecule has 1 heterocycles. The summed E-state index contributed by atoms with van der Waals surface area (Å²) in [6, 6.07) is 9.60. The van der Waals surface area contributed by atoms with Crippen LogP contribution in [0.3, 0.4) is 0 Å². The summed E-state index contributed by atoms with van der Waals surface area (Å²) in [6.07, 6.45) is 1.12. The molecule has 0 fully saturated rings. The zero-order chi connectivity index (χ0) is 20.6. The molecule has 3 rings (SSSR count). The Morgan fingerprint density at radius 2 is 1.41 bits per heavy atom. The summed E-state index contributed by atoms with van der Waals surface area (Å²) in [5, 5.41) is -0.411. The number of hydroxylamine groups is 2. The van der Waals surface area contributed by atoms with Gasteiger partial charge in [0.25, 0.3) is 11.8 Å². The minimum absolute atomic E-state index is 0. The summed E-state index contributed by atoms with van der Waals surface area (Å²) < 4.78 is 0. The maximum atomic E-state index is 12.6. The van der Waals surface area contributed by atoms with Crippen LogP contribution in [-0.4, -0.2) is 22.8 Å². The van der Waals surface area contributed by atoms with E-state index in [0.29, 0.717) is 17.9 Å². The number of halogens is 4. The summed E-state index contributed by atoms with van der Waals surface area (Å²) in [5.74, 6) is -3.12. The van der Waals surface area contributed by atoms with E-state index in [4.69, 9.17) is 51.2 Å². The number of amides is 2. The lowest BCUT2D eigenvalue weighted by molar-refractivity contribution is -0.173. The van der Waals surface area contributed by atoms with Crippen molar-refractivity contribution in [2.24, 2.45) is 5.92 Å². The number of fused-ring (bicyclic) bond motifs is 1. The molecule has 10 heteroatoms. The molecule has 1 aliphatic heterocycles. The third-order valence-corrected chi connectivity index (χ3v) is 6.16. The molecule has 0 aromatic heterocycles. The van der Waals surface area contributed by atoms with Gasteiger partial charge in [-0.1, -0.05) is 88.7 Å². The minimum Gasteiger partial charge on any atom is -0.329 e. The lowest BCUT2D eigenvalue weighted by Crippen LogP contribution is -2.34. The van der Waals surface area contributed by atoms with Crippen LogP contribution in [0, 0.1) is 5.92 Å². The predicted molar refractivity (Wildman–Crippen MR) is 117 cm³/mol. The van der Waals surface area contributed by atoms with E-state index < -0.39 is 23.7 Å². The Kier molecular flexibility index (Phi) is 7.87. The van der Waals surface area contributed by atoms with Gasteiger partial charge in [-0.15, -0.1) is 0 Å². The van der Waals surface area contributed by atoms with Gasteiger partial charge in [-0.2, -0.15) is 13.5 Å². The van der Waals surface area contributed by atoms with Crippen LogP contribution in [0.25, 0.3) is 0 Å². The fraction of sp³-hybridized carbons (Fsp3) is 0.211. The number of carbonyl (C=O) groups excluding carboxylic acids is 3. The second kappa shape index (κ2) is 9.58. The van der Waals surface area contributed by atoms with Crippen LogP contribution in [-0.2, 0) is 16.1 Å². The lowest BCUT2D eigenvalue weighted by Gasteiger charge is -2.16. The normalized spacial score (nSPS) is 13.8. The topological polar surface area (TPSA) is 63.7 Å². The van der Waals surface area contributed by atoms with Crippen LogP contribution < -0.4 is 0 Å². The molecule has 29 heavy (non-hydrogen) atoms. The van der Waals surface area contributed by atoms with Gasteiger partial charge >= 0.3 is 5.97 Å². The van der Waals surface area contributed by atoms with Crippen LogP contribution >= 0.6 is 59.9 Å². The quantitative estimate of drug-likeness (QED) is 0.302. The molecule has 0 spiro atoms. The standard InChI is InChI=1S/C19H13Cl4NO4.H2S/c1-9(7-8-10-5-3-2-4-6-10)19(27)28-24-17(25)11-12(18(24)26)14(21)16(23)15(22)13(11)20;/h2-6,9H,7-8H2,1H3;1H2. The maximum Gasteiger partial charge on any atom is 0.336 e. The van der Waals surface area contributed by atoms with Gasteiger partial charge < -0.3 is 4.84 Å². The molecule has 1 unspecified atom stereocenters. The Hall–Kier alpha value is -1.44. The third kappa shape index (κ3) is 4.52. The van der Waals surface area contributed by atoms with E-state index >= 15 is 0 Å². The second-order valence-electron chi connectivity index (χ2n) is 6.25. The Morgan fingerprint density at radius 1 is 0.931 bits per heavy atom. The van der Waals surface area contributed by atoms with Crippen molar-refractivity contribution in [1.82, 2.24) is 5.06 Å². The van der Waals surface area contributed by atoms with E-state index in [1.54, 1.807) is 6.92 Å².